The van der Waals surface area contributed by atoms with Crippen molar-refractivity contribution in [2.24, 2.45) is 0 Å². The van der Waals surface area contributed by atoms with Gasteiger partial charge in [-0.3, -0.25) is 4.79 Å². The van der Waals surface area contributed by atoms with Gasteiger partial charge in [0.1, 0.15) is 0 Å². The van der Waals surface area contributed by atoms with Gasteiger partial charge in [-0.05, 0) is 31.5 Å². The van der Waals surface area contributed by atoms with Gasteiger partial charge in [-0.1, -0.05) is 12.1 Å². The average molecular weight is 454 g/mol. The minimum Gasteiger partial charge on any atom is -0.379 e. The lowest BCUT2D eigenvalue weighted by molar-refractivity contribution is -0.120. The summed E-state index contributed by atoms with van der Waals surface area (Å²) in [6.07, 6.45) is 0.284. The molecule has 3 rings (SSSR count). The fourth-order valence-electron chi connectivity index (χ4n) is 3.53. The van der Waals surface area contributed by atoms with Crippen LogP contribution in [-0.2, 0) is 26.2 Å². The first kappa shape index (κ1) is 23.5. The molecule has 2 aliphatic heterocycles. The molecule has 2 N–H and O–H groups in total. The number of carbonyl (C=O) groups excluding carboxylic acids is 2. The number of hydrogen-bond donors (Lipinski definition) is 2. The Morgan fingerprint density at radius 2 is 1.55 bits per heavy atom. The third-order valence-corrected chi connectivity index (χ3v) is 7.20. The van der Waals surface area contributed by atoms with Gasteiger partial charge in [0.15, 0.2) is 0 Å². The summed E-state index contributed by atoms with van der Waals surface area (Å²) in [7, 11) is -3.52. The molecule has 0 aromatic heterocycles. The Morgan fingerprint density at radius 1 is 0.968 bits per heavy atom. The van der Waals surface area contributed by atoms with E-state index in [1.807, 2.05) is 26.0 Å². The van der Waals surface area contributed by atoms with Crippen LogP contribution in [0.1, 0.15) is 19.4 Å². The molecule has 3 amide bonds. The highest BCUT2D eigenvalue weighted by molar-refractivity contribution is 7.86. The van der Waals surface area contributed by atoms with E-state index in [1.54, 1.807) is 17.0 Å². The SMILES string of the molecule is CC(C)NC(=O)Cc1ccc(NC(=O)N2CCN(S(=O)(=O)N3CCOCC3)CC2)cc1. The lowest BCUT2D eigenvalue weighted by Crippen LogP contribution is -2.56. The largest absolute Gasteiger partial charge is 0.379 e. The van der Waals surface area contributed by atoms with Gasteiger partial charge >= 0.3 is 6.03 Å². The number of piperazine rings is 1. The van der Waals surface area contributed by atoms with Gasteiger partial charge in [0.25, 0.3) is 10.2 Å². The number of anilines is 1. The Hall–Kier alpha value is -2.21. The predicted octanol–water partition coefficient (Wildman–Crippen LogP) is 0.480. The lowest BCUT2D eigenvalue weighted by atomic mass is 10.1. The average Bonchev–Trinajstić information content (AvgIpc) is 2.75. The van der Waals surface area contributed by atoms with Gasteiger partial charge in [-0.25, -0.2) is 4.79 Å². The molecule has 0 spiro atoms. The van der Waals surface area contributed by atoms with E-state index < -0.39 is 10.2 Å². The van der Waals surface area contributed by atoms with E-state index in [2.05, 4.69) is 10.6 Å². The minimum absolute atomic E-state index is 0.0447. The zero-order chi connectivity index (χ0) is 22.4. The molecule has 1 aromatic carbocycles. The van der Waals surface area contributed by atoms with Crippen molar-refractivity contribution in [3.8, 4) is 0 Å². The van der Waals surface area contributed by atoms with Crippen molar-refractivity contribution in [3.05, 3.63) is 29.8 Å². The van der Waals surface area contributed by atoms with Gasteiger partial charge in [-0.2, -0.15) is 17.0 Å². The quantitative estimate of drug-likeness (QED) is 0.651. The number of benzene rings is 1. The van der Waals surface area contributed by atoms with Crippen LogP contribution in [0.15, 0.2) is 24.3 Å². The Balaban J connectivity index is 1.48. The van der Waals surface area contributed by atoms with Crippen molar-refractivity contribution in [2.45, 2.75) is 26.3 Å². The third-order valence-electron chi connectivity index (χ3n) is 5.17. The van der Waals surface area contributed by atoms with Crippen LogP contribution in [0.3, 0.4) is 0 Å². The van der Waals surface area contributed by atoms with E-state index in [0.29, 0.717) is 45.1 Å². The molecule has 2 fully saturated rings. The summed E-state index contributed by atoms with van der Waals surface area (Å²) in [6, 6.07) is 6.96. The van der Waals surface area contributed by atoms with Gasteiger partial charge in [0.05, 0.1) is 19.6 Å². The third kappa shape index (κ3) is 6.39. The van der Waals surface area contributed by atoms with Gasteiger partial charge in [-0.15, -0.1) is 0 Å². The molecule has 0 aliphatic carbocycles. The molecular formula is C20H31N5O5S. The molecule has 10 nitrogen and oxygen atoms in total. The van der Waals surface area contributed by atoms with Crippen LogP contribution < -0.4 is 10.6 Å². The number of rotatable bonds is 6. The molecule has 2 heterocycles. The summed E-state index contributed by atoms with van der Waals surface area (Å²) in [5, 5.41) is 5.68. The molecule has 0 radical (unpaired) electrons. The topological polar surface area (TPSA) is 111 Å². The molecule has 1 aromatic rings. The maximum absolute atomic E-state index is 12.7. The minimum atomic E-state index is -3.52. The summed E-state index contributed by atoms with van der Waals surface area (Å²) in [4.78, 5) is 26.0. The summed E-state index contributed by atoms with van der Waals surface area (Å²) in [6.45, 7) is 6.52. The zero-order valence-corrected chi connectivity index (χ0v) is 18.9. The van der Waals surface area contributed by atoms with Crippen molar-refractivity contribution in [2.75, 3.05) is 57.8 Å². The van der Waals surface area contributed by atoms with Crippen LogP contribution in [0.4, 0.5) is 10.5 Å². The van der Waals surface area contributed by atoms with E-state index in [9.17, 15) is 18.0 Å². The molecule has 2 saturated heterocycles. The molecule has 2 aliphatic rings. The maximum Gasteiger partial charge on any atom is 0.321 e. The number of morpholine rings is 1. The number of urea groups is 1. The van der Waals surface area contributed by atoms with E-state index in [4.69, 9.17) is 4.74 Å². The molecule has 172 valence electrons. The number of ether oxygens (including phenoxy) is 1. The Morgan fingerprint density at radius 3 is 2.13 bits per heavy atom. The molecule has 11 heteroatoms. The number of hydrogen-bond acceptors (Lipinski definition) is 5. The van der Waals surface area contributed by atoms with Gasteiger partial charge < -0.3 is 20.3 Å². The Labute approximate surface area is 183 Å². The van der Waals surface area contributed by atoms with Crippen molar-refractivity contribution in [1.29, 1.82) is 0 Å². The molecule has 0 bridgehead atoms. The second-order valence-corrected chi connectivity index (χ2v) is 9.86. The Kier molecular flexibility index (Phi) is 7.87. The van der Waals surface area contributed by atoms with E-state index in [0.717, 1.165) is 5.56 Å². The number of nitrogens with one attached hydrogen (secondary N) is 2. The number of carbonyl (C=O) groups is 2. The van der Waals surface area contributed by atoms with Crippen LogP contribution in [-0.4, -0.2) is 92.4 Å². The van der Waals surface area contributed by atoms with Crippen LogP contribution in [0, 0.1) is 0 Å². The Bertz CT molecular complexity index is 860. The van der Waals surface area contributed by atoms with Crippen LogP contribution >= 0.6 is 0 Å². The zero-order valence-electron chi connectivity index (χ0n) is 18.0. The monoisotopic (exact) mass is 453 g/mol. The second kappa shape index (κ2) is 10.4. The van der Waals surface area contributed by atoms with Gasteiger partial charge in [0, 0.05) is 51.0 Å². The van der Waals surface area contributed by atoms with Gasteiger partial charge in [0.2, 0.25) is 5.91 Å². The van der Waals surface area contributed by atoms with Crippen molar-refractivity contribution in [1.82, 2.24) is 18.8 Å². The number of amides is 3. The van der Waals surface area contributed by atoms with Crippen LogP contribution in [0.5, 0.6) is 0 Å². The van der Waals surface area contributed by atoms with E-state index in [1.165, 1.54) is 8.61 Å². The first-order valence-corrected chi connectivity index (χ1v) is 11.9. The summed E-state index contributed by atoms with van der Waals surface area (Å²) in [5.74, 6) is -0.0447. The maximum atomic E-state index is 12.7. The molecule has 0 atom stereocenters. The van der Waals surface area contributed by atoms with Crippen molar-refractivity contribution >= 4 is 27.8 Å². The summed E-state index contributed by atoms with van der Waals surface area (Å²) < 4.78 is 33.5. The summed E-state index contributed by atoms with van der Waals surface area (Å²) in [5.41, 5.74) is 1.49. The highest BCUT2D eigenvalue weighted by Crippen LogP contribution is 2.16. The number of nitrogens with zero attached hydrogens (tertiary/aromatic N) is 3. The first-order chi connectivity index (χ1) is 14.8. The summed E-state index contributed by atoms with van der Waals surface area (Å²) >= 11 is 0. The fourth-order valence-corrected chi connectivity index (χ4v) is 5.09. The van der Waals surface area contributed by atoms with Crippen molar-refractivity contribution in [3.63, 3.8) is 0 Å². The second-order valence-electron chi connectivity index (χ2n) is 7.93. The highest BCUT2D eigenvalue weighted by atomic mass is 32.2. The molecule has 31 heavy (non-hydrogen) atoms. The highest BCUT2D eigenvalue weighted by Gasteiger charge is 2.34. The van der Waals surface area contributed by atoms with E-state index >= 15 is 0 Å². The lowest BCUT2D eigenvalue weighted by Gasteiger charge is -2.37. The smallest absolute Gasteiger partial charge is 0.321 e. The molecular weight excluding hydrogens is 422 g/mol. The molecule has 0 unspecified atom stereocenters. The normalized spacial score (nSPS) is 18.7. The van der Waals surface area contributed by atoms with Crippen molar-refractivity contribution < 1.29 is 22.7 Å². The van der Waals surface area contributed by atoms with E-state index in [-0.39, 0.29) is 37.5 Å². The van der Waals surface area contributed by atoms with Crippen LogP contribution in [0.25, 0.3) is 0 Å². The standard InChI is InChI=1S/C20H31N5O5S/c1-16(2)21-19(26)15-17-3-5-18(6-4-17)22-20(27)23-7-9-24(10-8-23)31(28,29)25-11-13-30-14-12-25/h3-6,16H,7-15H2,1-2H3,(H,21,26)(H,22,27). The van der Waals surface area contributed by atoms with Crippen LogP contribution in [0.2, 0.25) is 0 Å². The molecule has 0 saturated carbocycles. The first-order valence-electron chi connectivity index (χ1n) is 10.5. The predicted molar refractivity (Wildman–Crippen MR) is 117 cm³/mol. The fraction of sp³-hybridized carbons (Fsp3) is 0.600.